The lowest BCUT2D eigenvalue weighted by molar-refractivity contribution is 0.605. The van der Waals surface area contributed by atoms with E-state index in [4.69, 9.17) is 11.6 Å². The molecule has 1 N–H and O–H groups in total. The van der Waals surface area contributed by atoms with Crippen molar-refractivity contribution in [2.24, 2.45) is 0 Å². The molecule has 0 aliphatic rings. The molecule has 1 rings (SSSR count). The van der Waals surface area contributed by atoms with Gasteiger partial charge in [0.25, 0.3) is 0 Å². The molecular weight excluding hydrogens is 258 g/mol. The topological polar surface area (TPSA) is 12.0 Å². The minimum absolute atomic E-state index is 0.553. The zero-order valence-electron chi connectivity index (χ0n) is 12.1. The average molecular weight is 284 g/mol. The highest BCUT2D eigenvalue weighted by atomic mass is 35.5. The Hall–Kier alpha value is -0.313. The van der Waals surface area contributed by atoms with Crippen molar-refractivity contribution in [3.05, 3.63) is 34.9 Å². The summed E-state index contributed by atoms with van der Waals surface area (Å²) in [6.07, 6.45) is 1.18. The smallest absolute Gasteiger partial charge is 0.0449 e. The van der Waals surface area contributed by atoms with Gasteiger partial charge in [0.05, 0.1) is 0 Å². The molecular formula is C15H26ClNSi. The summed E-state index contributed by atoms with van der Waals surface area (Å²) in [5, 5.41) is 4.46. The van der Waals surface area contributed by atoms with E-state index in [1.165, 1.54) is 18.0 Å². The quantitative estimate of drug-likeness (QED) is 0.562. The van der Waals surface area contributed by atoms with Gasteiger partial charge < -0.3 is 5.32 Å². The molecule has 1 aromatic rings. The molecule has 0 bridgehead atoms. The number of nitrogens with one attached hydrogen (secondary N) is 1. The number of halogens is 1. The Bertz CT molecular complexity index is 360. The van der Waals surface area contributed by atoms with Crippen LogP contribution in [0.3, 0.4) is 0 Å². The summed E-state index contributed by atoms with van der Waals surface area (Å²) < 4.78 is 0. The van der Waals surface area contributed by atoms with E-state index < -0.39 is 8.07 Å². The van der Waals surface area contributed by atoms with Gasteiger partial charge in [-0.1, -0.05) is 56.4 Å². The van der Waals surface area contributed by atoms with Gasteiger partial charge in [-0.2, -0.15) is 0 Å². The van der Waals surface area contributed by atoms with E-state index in [9.17, 15) is 0 Å². The van der Waals surface area contributed by atoms with Crippen LogP contribution in [0.25, 0.3) is 0 Å². The fourth-order valence-corrected chi connectivity index (χ4v) is 4.42. The lowest BCUT2D eigenvalue weighted by Gasteiger charge is -2.26. The first-order valence-electron chi connectivity index (χ1n) is 6.89. The molecule has 0 radical (unpaired) electrons. The fraction of sp³-hybridized carbons (Fsp3) is 0.600. The van der Waals surface area contributed by atoms with E-state index in [2.05, 4.69) is 44.0 Å². The molecule has 1 atom stereocenters. The van der Waals surface area contributed by atoms with Crippen LogP contribution in [-0.2, 0) is 0 Å². The Morgan fingerprint density at radius 1 is 1.22 bits per heavy atom. The average Bonchev–Trinajstić information content (AvgIpc) is 2.27. The number of hydrogen-bond acceptors (Lipinski definition) is 1. The van der Waals surface area contributed by atoms with Gasteiger partial charge in [0.1, 0.15) is 0 Å². The second-order valence-corrected chi connectivity index (χ2v) is 12.1. The lowest BCUT2D eigenvalue weighted by Crippen LogP contribution is -2.29. The Balaban J connectivity index is 2.80. The Labute approximate surface area is 118 Å². The van der Waals surface area contributed by atoms with E-state index in [-0.39, 0.29) is 0 Å². The molecule has 0 saturated heterocycles. The molecule has 1 nitrogen and oxygen atoms in total. The third kappa shape index (κ3) is 5.55. The van der Waals surface area contributed by atoms with Crippen LogP contribution in [0.1, 0.15) is 24.8 Å². The van der Waals surface area contributed by atoms with E-state index in [0.717, 1.165) is 18.1 Å². The summed E-state index contributed by atoms with van der Waals surface area (Å²) in [6, 6.07) is 9.58. The van der Waals surface area contributed by atoms with Gasteiger partial charge in [-0.15, -0.1) is 0 Å². The summed E-state index contributed by atoms with van der Waals surface area (Å²) in [4.78, 5) is 0. The van der Waals surface area contributed by atoms with Crippen LogP contribution < -0.4 is 5.32 Å². The molecule has 0 aromatic heterocycles. The molecule has 3 heteroatoms. The van der Waals surface area contributed by atoms with Crippen LogP contribution in [0.4, 0.5) is 0 Å². The van der Waals surface area contributed by atoms with E-state index >= 15 is 0 Å². The minimum Gasteiger partial charge on any atom is -0.316 e. The van der Waals surface area contributed by atoms with Gasteiger partial charge >= 0.3 is 0 Å². The maximum absolute atomic E-state index is 6.35. The van der Waals surface area contributed by atoms with Crippen molar-refractivity contribution < 1.29 is 0 Å². The van der Waals surface area contributed by atoms with E-state index in [1.54, 1.807) is 0 Å². The van der Waals surface area contributed by atoms with Crippen LogP contribution in [-0.4, -0.2) is 21.2 Å². The summed E-state index contributed by atoms with van der Waals surface area (Å²) in [7, 11) is -1.08. The second-order valence-electron chi connectivity index (χ2n) is 6.19. The molecule has 18 heavy (non-hydrogen) atoms. The van der Waals surface area contributed by atoms with Gasteiger partial charge in [0.2, 0.25) is 0 Å². The monoisotopic (exact) mass is 283 g/mol. The van der Waals surface area contributed by atoms with Crippen LogP contribution in [0.5, 0.6) is 0 Å². The van der Waals surface area contributed by atoms with Crippen molar-refractivity contribution >= 4 is 19.7 Å². The standard InChI is InChI=1S/C15H26ClNSi/c1-5-10-17-11-13(12-18(2,3)4)14-8-6-7-9-15(14)16/h6-9,13,17H,5,10-12H2,1-4H3. The van der Waals surface area contributed by atoms with Crippen LogP contribution >= 0.6 is 11.6 Å². The van der Waals surface area contributed by atoms with E-state index in [1.807, 2.05) is 12.1 Å². The summed E-state index contributed by atoms with van der Waals surface area (Å²) in [6.45, 7) is 11.6. The van der Waals surface area contributed by atoms with Crippen molar-refractivity contribution in [3.63, 3.8) is 0 Å². The Kier molecular flexibility index (Phi) is 6.40. The van der Waals surface area contributed by atoms with Gasteiger partial charge in [0, 0.05) is 19.6 Å². The molecule has 0 saturated carbocycles. The first-order chi connectivity index (χ1) is 8.44. The number of benzene rings is 1. The fourth-order valence-electron chi connectivity index (χ4n) is 2.29. The first-order valence-corrected chi connectivity index (χ1v) is 11.0. The van der Waals surface area contributed by atoms with E-state index in [0.29, 0.717) is 5.92 Å². The highest BCUT2D eigenvalue weighted by Gasteiger charge is 2.22. The third-order valence-corrected chi connectivity index (χ3v) is 5.08. The van der Waals surface area contributed by atoms with Crippen LogP contribution in [0.15, 0.2) is 24.3 Å². The van der Waals surface area contributed by atoms with Gasteiger partial charge in [-0.05, 0) is 36.6 Å². The second kappa shape index (κ2) is 7.32. The number of rotatable bonds is 7. The maximum atomic E-state index is 6.35. The molecule has 102 valence electrons. The molecule has 0 fully saturated rings. The Morgan fingerprint density at radius 2 is 1.89 bits per heavy atom. The summed E-state index contributed by atoms with van der Waals surface area (Å²) in [5.41, 5.74) is 1.31. The molecule has 0 aliphatic heterocycles. The normalized spacial score (nSPS) is 13.6. The Morgan fingerprint density at radius 3 is 2.44 bits per heavy atom. The maximum Gasteiger partial charge on any atom is 0.0449 e. The molecule has 0 amide bonds. The number of hydrogen-bond donors (Lipinski definition) is 1. The van der Waals surface area contributed by atoms with Crippen molar-refractivity contribution in [2.45, 2.75) is 44.9 Å². The minimum atomic E-state index is -1.08. The first kappa shape index (κ1) is 15.7. The highest BCUT2D eigenvalue weighted by molar-refractivity contribution is 6.76. The van der Waals surface area contributed by atoms with Gasteiger partial charge in [0.15, 0.2) is 0 Å². The van der Waals surface area contributed by atoms with Crippen molar-refractivity contribution in [1.29, 1.82) is 0 Å². The van der Waals surface area contributed by atoms with Gasteiger partial charge in [-0.3, -0.25) is 0 Å². The molecule has 1 aromatic carbocycles. The third-order valence-electron chi connectivity index (χ3n) is 3.02. The summed E-state index contributed by atoms with van der Waals surface area (Å²) >= 11 is 6.35. The molecule has 0 spiro atoms. The lowest BCUT2D eigenvalue weighted by atomic mass is 10.0. The van der Waals surface area contributed by atoms with Gasteiger partial charge in [-0.25, -0.2) is 0 Å². The molecule has 0 aliphatic carbocycles. The zero-order chi connectivity index (χ0) is 13.6. The largest absolute Gasteiger partial charge is 0.316 e. The predicted molar refractivity (Wildman–Crippen MR) is 85.5 cm³/mol. The molecule has 0 heterocycles. The highest BCUT2D eigenvalue weighted by Crippen LogP contribution is 2.30. The van der Waals surface area contributed by atoms with Crippen molar-refractivity contribution in [1.82, 2.24) is 5.32 Å². The molecule has 1 unspecified atom stereocenters. The van der Waals surface area contributed by atoms with Crippen molar-refractivity contribution in [3.8, 4) is 0 Å². The zero-order valence-corrected chi connectivity index (χ0v) is 13.8. The van der Waals surface area contributed by atoms with Crippen LogP contribution in [0.2, 0.25) is 30.7 Å². The predicted octanol–water partition coefficient (Wildman–Crippen LogP) is 4.76. The summed E-state index contributed by atoms with van der Waals surface area (Å²) in [5.74, 6) is 0.553. The SMILES string of the molecule is CCCNCC(C[Si](C)(C)C)c1ccccc1Cl. The van der Waals surface area contributed by atoms with Crippen LogP contribution in [0, 0.1) is 0 Å². The van der Waals surface area contributed by atoms with Crippen molar-refractivity contribution in [2.75, 3.05) is 13.1 Å².